The van der Waals surface area contributed by atoms with Crippen LogP contribution in [0.15, 0.2) is 54.6 Å². The third kappa shape index (κ3) is 5.42. The maximum atomic E-state index is 13.1. The molecule has 4 fully saturated rings. The fourth-order valence-electron chi connectivity index (χ4n) is 6.93. The molecule has 2 aromatic carbocycles. The summed E-state index contributed by atoms with van der Waals surface area (Å²) >= 11 is 0. The Balaban J connectivity index is 1.09. The van der Waals surface area contributed by atoms with E-state index in [1.807, 2.05) is 30.3 Å². The molecule has 6 nitrogen and oxygen atoms in total. The molecule has 35 heavy (non-hydrogen) atoms. The predicted octanol–water partition coefficient (Wildman–Crippen LogP) is 4.32. The lowest BCUT2D eigenvalue weighted by Gasteiger charge is -2.55. The number of hydrogen-bond donors (Lipinski definition) is 3. The third-order valence-corrected chi connectivity index (χ3v) is 8.15. The molecule has 4 aliphatic carbocycles. The standard InChI is InChI=1S/C29H35N3O3/c33-26(11-13-31-28(35)29-17-21-14-22(18-29)16-23(15-21)19-29)32-25-9-5-4-8-24(25)27(34)30-12-10-20-6-2-1-3-7-20/h1-9,21-23H,10-19H2,(H,30,34)(H,31,35)(H,32,33). The molecule has 4 aliphatic rings. The van der Waals surface area contributed by atoms with E-state index < -0.39 is 0 Å². The Labute approximate surface area is 207 Å². The van der Waals surface area contributed by atoms with Crippen LogP contribution in [0, 0.1) is 23.2 Å². The second-order valence-electron chi connectivity index (χ2n) is 10.8. The summed E-state index contributed by atoms with van der Waals surface area (Å²) in [5.74, 6) is 1.86. The molecule has 184 valence electrons. The first kappa shape index (κ1) is 23.6. The van der Waals surface area contributed by atoms with Crippen molar-refractivity contribution in [3.63, 3.8) is 0 Å². The number of nitrogens with one attached hydrogen (secondary N) is 3. The van der Waals surface area contributed by atoms with Crippen LogP contribution in [0.25, 0.3) is 0 Å². The monoisotopic (exact) mass is 473 g/mol. The highest BCUT2D eigenvalue weighted by Gasteiger charge is 2.54. The van der Waals surface area contributed by atoms with E-state index >= 15 is 0 Å². The molecule has 6 heteroatoms. The van der Waals surface area contributed by atoms with Gasteiger partial charge in [-0.2, -0.15) is 0 Å². The summed E-state index contributed by atoms with van der Waals surface area (Å²) in [6.07, 6.45) is 7.88. The molecule has 2 aromatic rings. The maximum Gasteiger partial charge on any atom is 0.253 e. The van der Waals surface area contributed by atoms with Crippen LogP contribution in [0.1, 0.15) is 60.9 Å². The summed E-state index contributed by atoms with van der Waals surface area (Å²) in [7, 11) is 0. The fraction of sp³-hybridized carbons (Fsp3) is 0.483. The Morgan fingerprint density at radius 2 is 1.40 bits per heavy atom. The topological polar surface area (TPSA) is 87.3 Å². The Kier molecular flexibility index (Phi) is 6.89. The van der Waals surface area contributed by atoms with E-state index in [1.54, 1.807) is 24.3 Å². The number of para-hydroxylation sites is 1. The first-order chi connectivity index (χ1) is 17.0. The lowest BCUT2D eigenvalue weighted by atomic mass is 9.49. The Hall–Kier alpha value is -3.15. The molecule has 0 saturated heterocycles. The highest BCUT2D eigenvalue weighted by molar-refractivity contribution is 6.03. The molecule has 0 aliphatic heterocycles. The fourth-order valence-corrected chi connectivity index (χ4v) is 6.93. The van der Waals surface area contributed by atoms with E-state index in [9.17, 15) is 14.4 Å². The van der Waals surface area contributed by atoms with Gasteiger partial charge in [-0.15, -0.1) is 0 Å². The Bertz CT molecular complexity index is 1050. The first-order valence-electron chi connectivity index (χ1n) is 13.0. The van der Waals surface area contributed by atoms with Gasteiger partial charge in [0.2, 0.25) is 11.8 Å². The second-order valence-corrected chi connectivity index (χ2v) is 10.8. The summed E-state index contributed by atoms with van der Waals surface area (Å²) < 4.78 is 0. The van der Waals surface area contributed by atoms with Crippen molar-refractivity contribution in [1.29, 1.82) is 0 Å². The van der Waals surface area contributed by atoms with Crippen molar-refractivity contribution in [3.8, 4) is 0 Å². The van der Waals surface area contributed by atoms with Gasteiger partial charge in [0.1, 0.15) is 0 Å². The van der Waals surface area contributed by atoms with Gasteiger partial charge in [0.05, 0.1) is 11.3 Å². The van der Waals surface area contributed by atoms with Crippen molar-refractivity contribution in [2.24, 2.45) is 23.2 Å². The van der Waals surface area contributed by atoms with E-state index in [-0.39, 0.29) is 29.6 Å². The molecule has 0 spiro atoms. The highest BCUT2D eigenvalue weighted by Crippen LogP contribution is 2.60. The molecular formula is C29H35N3O3. The van der Waals surface area contributed by atoms with Crippen molar-refractivity contribution in [2.75, 3.05) is 18.4 Å². The minimum Gasteiger partial charge on any atom is -0.355 e. The summed E-state index contributed by atoms with van der Waals surface area (Å²) in [6.45, 7) is 0.833. The average Bonchev–Trinajstić information content (AvgIpc) is 2.84. The van der Waals surface area contributed by atoms with Crippen molar-refractivity contribution >= 4 is 23.4 Å². The Morgan fingerprint density at radius 3 is 2.09 bits per heavy atom. The molecule has 3 N–H and O–H groups in total. The molecule has 0 atom stereocenters. The molecule has 6 rings (SSSR count). The van der Waals surface area contributed by atoms with Gasteiger partial charge in [-0.1, -0.05) is 42.5 Å². The number of carbonyl (C=O) groups is 3. The minimum absolute atomic E-state index is 0.141. The minimum atomic E-state index is -0.216. The van der Waals surface area contributed by atoms with Crippen LogP contribution >= 0.6 is 0 Å². The van der Waals surface area contributed by atoms with E-state index in [2.05, 4.69) is 16.0 Å². The quantitative estimate of drug-likeness (QED) is 0.507. The second kappa shape index (κ2) is 10.2. The smallest absolute Gasteiger partial charge is 0.253 e. The number of amides is 3. The molecule has 0 heterocycles. The average molecular weight is 474 g/mol. The number of rotatable bonds is 9. The van der Waals surface area contributed by atoms with Crippen LogP contribution in [-0.4, -0.2) is 30.8 Å². The van der Waals surface area contributed by atoms with E-state index in [0.717, 1.165) is 31.2 Å². The zero-order valence-electron chi connectivity index (χ0n) is 20.2. The summed E-state index contributed by atoms with van der Waals surface area (Å²) in [6, 6.07) is 17.0. The van der Waals surface area contributed by atoms with Crippen molar-refractivity contribution < 1.29 is 14.4 Å². The van der Waals surface area contributed by atoms with Crippen molar-refractivity contribution in [3.05, 3.63) is 65.7 Å². The van der Waals surface area contributed by atoms with Gasteiger partial charge in [0.25, 0.3) is 5.91 Å². The molecule has 0 aromatic heterocycles. The normalized spacial score (nSPS) is 26.2. The largest absolute Gasteiger partial charge is 0.355 e. The van der Waals surface area contributed by atoms with Gasteiger partial charge in [-0.3, -0.25) is 14.4 Å². The van der Waals surface area contributed by atoms with Crippen LogP contribution in [-0.2, 0) is 16.0 Å². The number of hydrogen-bond acceptors (Lipinski definition) is 3. The molecule has 4 saturated carbocycles. The number of carbonyl (C=O) groups excluding carboxylic acids is 3. The van der Waals surface area contributed by atoms with Gasteiger partial charge in [-0.25, -0.2) is 0 Å². The highest BCUT2D eigenvalue weighted by atomic mass is 16.2. The van der Waals surface area contributed by atoms with Gasteiger partial charge in [0.15, 0.2) is 0 Å². The van der Waals surface area contributed by atoms with Crippen molar-refractivity contribution in [1.82, 2.24) is 10.6 Å². The van der Waals surface area contributed by atoms with Crippen LogP contribution < -0.4 is 16.0 Å². The number of anilines is 1. The zero-order valence-corrected chi connectivity index (χ0v) is 20.2. The van der Waals surface area contributed by atoms with Gasteiger partial charge < -0.3 is 16.0 Å². The van der Waals surface area contributed by atoms with Crippen LogP contribution in [0.2, 0.25) is 0 Å². The number of benzene rings is 2. The molecule has 4 bridgehead atoms. The maximum absolute atomic E-state index is 13.1. The van der Waals surface area contributed by atoms with Gasteiger partial charge in [0, 0.05) is 24.9 Å². The van der Waals surface area contributed by atoms with E-state index in [1.165, 1.54) is 19.3 Å². The lowest BCUT2D eigenvalue weighted by molar-refractivity contribution is -0.146. The lowest BCUT2D eigenvalue weighted by Crippen LogP contribution is -2.53. The zero-order chi connectivity index (χ0) is 24.3. The molecular weight excluding hydrogens is 438 g/mol. The summed E-state index contributed by atoms with van der Waals surface area (Å²) in [5.41, 5.74) is 1.88. The molecule has 0 unspecified atom stereocenters. The van der Waals surface area contributed by atoms with Crippen LogP contribution in [0.3, 0.4) is 0 Å². The summed E-state index contributed by atoms with van der Waals surface area (Å²) in [5, 5.41) is 8.85. The van der Waals surface area contributed by atoms with E-state index in [0.29, 0.717) is 42.1 Å². The van der Waals surface area contributed by atoms with E-state index in [4.69, 9.17) is 0 Å². The van der Waals surface area contributed by atoms with Gasteiger partial charge >= 0.3 is 0 Å². The Morgan fingerprint density at radius 1 is 0.771 bits per heavy atom. The third-order valence-electron chi connectivity index (χ3n) is 8.15. The predicted molar refractivity (Wildman–Crippen MR) is 136 cm³/mol. The molecule has 3 amide bonds. The van der Waals surface area contributed by atoms with Crippen LogP contribution in [0.4, 0.5) is 5.69 Å². The summed E-state index contributed by atoms with van der Waals surface area (Å²) in [4.78, 5) is 38.4. The van der Waals surface area contributed by atoms with Crippen molar-refractivity contribution in [2.45, 2.75) is 51.4 Å². The first-order valence-corrected chi connectivity index (χ1v) is 13.0. The molecule has 0 radical (unpaired) electrons. The van der Waals surface area contributed by atoms with Gasteiger partial charge in [-0.05, 0) is 80.4 Å². The SMILES string of the molecule is O=C(CCNC(=O)C12CC3CC(CC(C3)C1)C2)Nc1ccccc1C(=O)NCCc1ccccc1. The van der Waals surface area contributed by atoms with Crippen LogP contribution in [0.5, 0.6) is 0 Å².